The monoisotopic (exact) mass is 352 g/mol. The number of rotatable bonds is 3. The third-order valence-corrected chi connectivity index (χ3v) is 4.32. The molecule has 7 heteroatoms. The van der Waals surface area contributed by atoms with Gasteiger partial charge in [-0.2, -0.15) is 0 Å². The second-order valence-electron chi connectivity index (χ2n) is 3.50. The number of hydrazine groups is 1. The van der Waals surface area contributed by atoms with Crippen LogP contribution in [0.5, 0.6) is 0 Å². The molecule has 96 valence electrons. The fourth-order valence-corrected chi connectivity index (χ4v) is 3.08. The van der Waals surface area contributed by atoms with E-state index in [-0.39, 0.29) is 10.0 Å². The van der Waals surface area contributed by atoms with Crippen molar-refractivity contribution in [1.82, 2.24) is 5.43 Å². The zero-order valence-corrected chi connectivity index (χ0v) is 12.0. The summed E-state index contributed by atoms with van der Waals surface area (Å²) in [5.74, 6) is 4.06. The average molecular weight is 354 g/mol. The molecule has 2 aromatic rings. The molecule has 1 heterocycles. The van der Waals surface area contributed by atoms with Gasteiger partial charge in [-0.1, -0.05) is 11.6 Å². The largest absolute Gasteiger partial charge is 0.271 e. The summed E-state index contributed by atoms with van der Waals surface area (Å²) in [4.78, 5) is 0.637. The van der Waals surface area contributed by atoms with Crippen LogP contribution in [0, 0.1) is 11.6 Å². The Labute approximate surface area is 120 Å². The van der Waals surface area contributed by atoms with Gasteiger partial charge in [0.05, 0.1) is 14.9 Å². The third-order valence-electron chi connectivity index (χ3n) is 2.41. The first-order valence-corrected chi connectivity index (χ1v) is 6.88. The van der Waals surface area contributed by atoms with E-state index in [2.05, 4.69) is 21.4 Å². The Balaban J connectivity index is 2.55. The maximum Gasteiger partial charge on any atom is 0.145 e. The van der Waals surface area contributed by atoms with E-state index in [4.69, 9.17) is 17.4 Å². The van der Waals surface area contributed by atoms with E-state index in [1.807, 2.05) is 0 Å². The second-order valence-corrected chi connectivity index (χ2v) is 6.10. The molecule has 0 aliphatic rings. The highest BCUT2D eigenvalue weighted by molar-refractivity contribution is 9.10. The van der Waals surface area contributed by atoms with Crippen molar-refractivity contribution in [2.75, 3.05) is 0 Å². The third kappa shape index (κ3) is 2.57. The van der Waals surface area contributed by atoms with Crippen LogP contribution in [0.15, 0.2) is 28.7 Å². The van der Waals surface area contributed by atoms with Crippen LogP contribution < -0.4 is 11.3 Å². The zero-order valence-electron chi connectivity index (χ0n) is 8.88. The Morgan fingerprint density at radius 1 is 1.28 bits per heavy atom. The van der Waals surface area contributed by atoms with Crippen LogP contribution in [0.25, 0.3) is 0 Å². The summed E-state index contributed by atoms with van der Waals surface area (Å²) < 4.78 is 28.5. The standard InChI is InChI=1S/C11H8BrClF2N2S/c12-5-1-2-6(14)9(10(5)15)11(17-16)7-3-4-8(13)18-7/h1-4,11,17H,16H2. The van der Waals surface area contributed by atoms with Crippen molar-refractivity contribution in [3.8, 4) is 0 Å². The van der Waals surface area contributed by atoms with Crippen LogP contribution >= 0.6 is 38.9 Å². The number of nitrogens with two attached hydrogens (primary N) is 1. The lowest BCUT2D eigenvalue weighted by molar-refractivity contribution is 0.510. The van der Waals surface area contributed by atoms with Gasteiger partial charge < -0.3 is 0 Å². The Hall–Kier alpha value is -0.530. The van der Waals surface area contributed by atoms with Crippen molar-refractivity contribution in [2.45, 2.75) is 6.04 Å². The van der Waals surface area contributed by atoms with Gasteiger partial charge in [-0.3, -0.25) is 5.84 Å². The van der Waals surface area contributed by atoms with Crippen molar-refractivity contribution < 1.29 is 8.78 Å². The Morgan fingerprint density at radius 3 is 2.56 bits per heavy atom. The maximum absolute atomic E-state index is 14.0. The van der Waals surface area contributed by atoms with E-state index >= 15 is 0 Å². The maximum atomic E-state index is 14.0. The molecule has 0 aliphatic carbocycles. The van der Waals surface area contributed by atoms with Crippen LogP contribution in [0.4, 0.5) is 8.78 Å². The van der Waals surface area contributed by atoms with Crippen molar-refractivity contribution in [3.05, 3.63) is 55.1 Å². The lowest BCUT2D eigenvalue weighted by Gasteiger charge is -2.17. The molecule has 0 saturated carbocycles. The normalized spacial score (nSPS) is 12.7. The van der Waals surface area contributed by atoms with Crippen molar-refractivity contribution >= 4 is 38.9 Å². The summed E-state index contributed by atoms with van der Waals surface area (Å²) in [7, 11) is 0. The minimum atomic E-state index is -0.778. The minimum Gasteiger partial charge on any atom is -0.271 e. The molecule has 0 fully saturated rings. The van der Waals surface area contributed by atoms with Gasteiger partial charge in [0.25, 0.3) is 0 Å². The van der Waals surface area contributed by atoms with E-state index in [9.17, 15) is 8.78 Å². The van der Waals surface area contributed by atoms with E-state index in [0.29, 0.717) is 9.21 Å². The molecular formula is C11H8BrClF2N2S. The van der Waals surface area contributed by atoms with E-state index in [1.165, 1.54) is 23.5 Å². The highest BCUT2D eigenvalue weighted by atomic mass is 79.9. The summed E-state index contributed by atoms with van der Waals surface area (Å²) in [5, 5.41) is 0. The molecule has 1 atom stereocenters. The Bertz CT molecular complexity index is 576. The predicted octanol–water partition coefficient (Wildman–Crippen LogP) is 3.99. The van der Waals surface area contributed by atoms with Crippen LogP contribution in [-0.2, 0) is 0 Å². The zero-order chi connectivity index (χ0) is 13.3. The van der Waals surface area contributed by atoms with Crippen molar-refractivity contribution in [3.63, 3.8) is 0 Å². The summed E-state index contributed by atoms with van der Waals surface area (Å²) in [6, 6.07) is 5.04. The Morgan fingerprint density at radius 2 is 2.00 bits per heavy atom. The highest BCUT2D eigenvalue weighted by Gasteiger charge is 2.23. The summed E-state index contributed by atoms with van der Waals surface area (Å²) in [5.41, 5.74) is 2.27. The van der Waals surface area contributed by atoms with Crippen molar-refractivity contribution in [1.29, 1.82) is 0 Å². The molecule has 1 aromatic carbocycles. The molecule has 0 amide bonds. The van der Waals surface area contributed by atoms with E-state index < -0.39 is 17.7 Å². The summed E-state index contributed by atoms with van der Waals surface area (Å²) in [6.45, 7) is 0. The summed E-state index contributed by atoms with van der Waals surface area (Å²) >= 11 is 10.0. The van der Waals surface area contributed by atoms with Crippen LogP contribution in [0.2, 0.25) is 4.34 Å². The summed E-state index contributed by atoms with van der Waals surface area (Å²) in [6.07, 6.45) is 0. The molecule has 2 rings (SSSR count). The topological polar surface area (TPSA) is 38.0 Å². The molecule has 0 bridgehead atoms. The van der Waals surface area contributed by atoms with Gasteiger partial charge >= 0.3 is 0 Å². The molecule has 3 N–H and O–H groups in total. The first kappa shape index (κ1) is 13.9. The first-order chi connectivity index (χ1) is 8.54. The van der Waals surface area contributed by atoms with Gasteiger partial charge in [0, 0.05) is 10.4 Å². The molecule has 1 aromatic heterocycles. The average Bonchev–Trinajstić information content (AvgIpc) is 2.76. The quantitative estimate of drug-likeness (QED) is 0.497. The number of nitrogens with one attached hydrogen (secondary N) is 1. The molecule has 0 spiro atoms. The molecular weight excluding hydrogens is 346 g/mol. The van der Waals surface area contributed by atoms with E-state index in [0.717, 1.165) is 0 Å². The smallest absolute Gasteiger partial charge is 0.145 e. The van der Waals surface area contributed by atoms with Gasteiger partial charge in [0.1, 0.15) is 11.6 Å². The van der Waals surface area contributed by atoms with Gasteiger partial charge in [0.15, 0.2) is 0 Å². The number of hydrogen-bond acceptors (Lipinski definition) is 3. The van der Waals surface area contributed by atoms with Gasteiger partial charge in [-0.25, -0.2) is 14.2 Å². The van der Waals surface area contributed by atoms with Gasteiger partial charge in [-0.15, -0.1) is 11.3 Å². The van der Waals surface area contributed by atoms with Crippen molar-refractivity contribution in [2.24, 2.45) is 5.84 Å². The Kier molecular flexibility index (Phi) is 4.34. The fraction of sp³-hybridized carbons (Fsp3) is 0.0909. The minimum absolute atomic E-state index is 0.134. The van der Waals surface area contributed by atoms with Crippen LogP contribution in [0.1, 0.15) is 16.5 Å². The molecule has 0 saturated heterocycles. The molecule has 18 heavy (non-hydrogen) atoms. The molecule has 0 radical (unpaired) electrons. The number of hydrogen-bond donors (Lipinski definition) is 2. The SMILES string of the molecule is NNC(c1ccc(Cl)s1)c1c(F)ccc(Br)c1F. The predicted molar refractivity (Wildman–Crippen MR) is 72.6 cm³/mol. The number of benzene rings is 1. The van der Waals surface area contributed by atoms with Crippen LogP contribution in [0.3, 0.4) is 0 Å². The number of halogens is 4. The lowest BCUT2D eigenvalue weighted by Crippen LogP contribution is -2.29. The second kappa shape index (κ2) is 5.63. The lowest BCUT2D eigenvalue weighted by atomic mass is 10.0. The number of thiophene rings is 1. The fourth-order valence-electron chi connectivity index (χ4n) is 1.60. The van der Waals surface area contributed by atoms with Gasteiger partial charge in [-0.05, 0) is 40.2 Å². The van der Waals surface area contributed by atoms with Crippen LogP contribution in [-0.4, -0.2) is 0 Å². The molecule has 0 aliphatic heterocycles. The molecule has 2 nitrogen and oxygen atoms in total. The first-order valence-electron chi connectivity index (χ1n) is 4.89. The van der Waals surface area contributed by atoms with Gasteiger partial charge in [0.2, 0.25) is 0 Å². The molecule has 1 unspecified atom stereocenters. The van der Waals surface area contributed by atoms with E-state index in [1.54, 1.807) is 12.1 Å². The highest BCUT2D eigenvalue weighted by Crippen LogP contribution is 2.34.